The Morgan fingerprint density at radius 2 is 1.76 bits per heavy atom. The van der Waals surface area contributed by atoms with Gasteiger partial charge in [-0.2, -0.15) is 0 Å². The minimum atomic E-state index is -1.36. The summed E-state index contributed by atoms with van der Waals surface area (Å²) in [6.07, 6.45) is -0.773. The van der Waals surface area contributed by atoms with Gasteiger partial charge in [0.2, 0.25) is 0 Å². The lowest BCUT2D eigenvalue weighted by Crippen LogP contribution is -2.48. The van der Waals surface area contributed by atoms with Gasteiger partial charge in [-0.25, -0.2) is 15.0 Å². The number of nitrogens with zero attached hydrogens (tertiary/aromatic N) is 5. The number of anilines is 1. The van der Waals surface area contributed by atoms with Gasteiger partial charge in [0.25, 0.3) is 5.09 Å². The summed E-state index contributed by atoms with van der Waals surface area (Å²) in [4.78, 5) is 54.6. The molecule has 0 unspecified atom stereocenters. The van der Waals surface area contributed by atoms with E-state index >= 15 is 0 Å². The SMILES string of the molecule is CC(C)[C@H](N)C(=O)O[C@@H]1[C@H](OC(=O)[C@@H](N)C(C)C)[C@@H](CO[N+](=O)[O-])O[C@H]1n1cnc2c(N[C@H]3CCC[C@@H]3O)ncnc21. The molecule has 4 rings (SSSR count). The number of carbonyl (C=O) groups excluding carboxylic acids is 2. The van der Waals surface area contributed by atoms with Crippen molar-refractivity contribution in [2.24, 2.45) is 23.3 Å². The van der Waals surface area contributed by atoms with E-state index < -0.39 is 66.4 Å². The molecule has 1 aliphatic heterocycles. The van der Waals surface area contributed by atoms with Crippen LogP contribution in [0.2, 0.25) is 0 Å². The van der Waals surface area contributed by atoms with Crippen molar-refractivity contribution in [3.8, 4) is 0 Å². The number of aliphatic hydroxyl groups is 1. The van der Waals surface area contributed by atoms with Crippen LogP contribution in [0.4, 0.5) is 5.82 Å². The zero-order chi connectivity index (χ0) is 30.7. The summed E-state index contributed by atoms with van der Waals surface area (Å²) >= 11 is 0. The Morgan fingerprint density at radius 1 is 1.12 bits per heavy atom. The summed E-state index contributed by atoms with van der Waals surface area (Å²) in [6.45, 7) is 6.27. The molecule has 42 heavy (non-hydrogen) atoms. The monoisotopic (exact) mass is 594 g/mol. The van der Waals surface area contributed by atoms with Crippen LogP contribution in [-0.2, 0) is 28.6 Å². The average Bonchev–Trinajstić information content (AvgIpc) is 3.64. The van der Waals surface area contributed by atoms with E-state index in [1.54, 1.807) is 27.7 Å². The fraction of sp³-hybridized carbons (Fsp3) is 0.720. The molecule has 0 radical (unpaired) electrons. The minimum absolute atomic E-state index is 0.222. The third-order valence-electron chi connectivity index (χ3n) is 7.55. The summed E-state index contributed by atoms with van der Waals surface area (Å²) in [5.41, 5.74) is 12.6. The Morgan fingerprint density at radius 3 is 2.33 bits per heavy atom. The first-order valence-corrected chi connectivity index (χ1v) is 13.9. The Balaban J connectivity index is 1.73. The van der Waals surface area contributed by atoms with Gasteiger partial charge >= 0.3 is 11.9 Å². The highest BCUT2D eigenvalue weighted by Crippen LogP contribution is 2.37. The molecule has 0 amide bonds. The number of imidazole rings is 1. The lowest BCUT2D eigenvalue weighted by Gasteiger charge is -2.27. The normalized spacial score (nSPS) is 27.3. The number of aliphatic hydroxyl groups excluding tert-OH is 1. The first kappa shape index (κ1) is 31.3. The first-order chi connectivity index (χ1) is 19.9. The Labute approximate surface area is 241 Å². The molecule has 8 atom stereocenters. The third kappa shape index (κ3) is 6.69. The molecule has 0 bridgehead atoms. The van der Waals surface area contributed by atoms with Crippen LogP contribution in [0.1, 0.15) is 53.2 Å². The van der Waals surface area contributed by atoms with E-state index in [1.807, 2.05) is 0 Å². The molecule has 3 heterocycles. The number of nitrogens with one attached hydrogen (secondary N) is 1. The van der Waals surface area contributed by atoms with Gasteiger partial charge in [-0.15, -0.1) is 10.1 Å². The fourth-order valence-electron chi connectivity index (χ4n) is 4.87. The number of hydrogen-bond donors (Lipinski definition) is 4. The van der Waals surface area contributed by atoms with Crippen molar-refractivity contribution in [1.29, 1.82) is 0 Å². The van der Waals surface area contributed by atoms with E-state index in [0.29, 0.717) is 17.8 Å². The van der Waals surface area contributed by atoms with Crippen LogP contribution in [0, 0.1) is 22.0 Å². The van der Waals surface area contributed by atoms with Crippen molar-refractivity contribution in [3.63, 3.8) is 0 Å². The molecule has 1 saturated heterocycles. The Kier molecular flexibility index (Phi) is 9.75. The molecular weight excluding hydrogens is 556 g/mol. The van der Waals surface area contributed by atoms with Crippen LogP contribution in [-0.4, -0.2) is 90.8 Å². The topological polar surface area (TPSA) is 242 Å². The molecule has 17 nitrogen and oxygen atoms in total. The summed E-state index contributed by atoms with van der Waals surface area (Å²) in [5, 5.41) is 23.5. The number of esters is 2. The largest absolute Gasteiger partial charge is 0.454 e. The van der Waals surface area contributed by atoms with Crippen LogP contribution in [0.5, 0.6) is 0 Å². The number of aromatic nitrogens is 4. The summed E-state index contributed by atoms with van der Waals surface area (Å²) in [5.74, 6) is -1.83. The predicted octanol–water partition coefficient (Wildman–Crippen LogP) is 0.0475. The molecule has 0 spiro atoms. The number of ether oxygens (including phenoxy) is 3. The minimum Gasteiger partial charge on any atom is -0.454 e. The van der Waals surface area contributed by atoms with Crippen LogP contribution in [0.3, 0.4) is 0 Å². The van der Waals surface area contributed by atoms with Crippen LogP contribution in [0.15, 0.2) is 12.7 Å². The quantitative estimate of drug-likeness (QED) is 0.144. The zero-order valence-electron chi connectivity index (χ0n) is 23.9. The highest BCUT2D eigenvalue weighted by atomic mass is 17.0. The Hall–Kier alpha value is -3.67. The van der Waals surface area contributed by atoms with E-state index in [-0.39, 0.29) is 23.5 Å². The second-order valence-electron chi connectivity index (χ2n) is 11.2. The van der Waals surface area contributed by atoms with Gasteiger partial charge < -0.3 is 40.9 Å². The van der Waals surface area contributed by atoms with Crippen LogP contribution < -0.4 is 16.8 Å². The second kappa shape index (κ2) is 13.1. The molecule has 232 valence electrons. The number of fused-ring (bicyclic) bond motifs is 1. The maximum atomic E-state index is 13.1. The van der Waals surface area contributed by atoms with E-state index in [4.69, 9.17) is 25.7 Å². The van der Waals surface area contributed by atoms with E-state index in [2.05, 4.69) is 25.1 Å². The second-order valence-corrected chi connectivity index (χ2v) is 11.2. The van der Waals surface area contributed by atoms with Gasteiger partial charge in [0.15, 0.2) is 35.4 Å². The standard InChI is InChI=1S/C25H38N8O9/c1-11(2)16(26)24(35)41-19-15(8-39-33(37)38)40-23(20(19)42-25(36)17(27)12(3)4)32-10-30-18-21(28-9-29-22(18)32)31-13-6-5-7-14(13)34/h9-17,19-20,23,34H,5-8,26-27H2,1-4H3,(H,28,29,31)/t13-,14-,15+,16-,17-,19+,20+,23+/m0/s1. The lowest BCUT2D eigenvalue weighted by molar-refractivity contribution is -0.759. The highest BCUT2D eigenvalue weighted by molar-refractivity contribution is 5.83. The van der Waals surface area contributed by atoms with Crippen LogP contribution in [0.25, 0.3) is 11.2 Å². The summed E-state index contributed by atoms with van der Waals surface area (Å²) in [7, 11) is 0. The van der Waals surface area contributed by atoms with Gasteiger partial charge in [0.05, 0.1) is 18.5 Å². The van der Waals surface area contributed by atoms with Gasteiger partial charge in [-0.1, -0.05) is 27.7 Å². The highest BCUT2D eigenvalue weighted by Gasteiger charge is 2.52. The maximum absolute atomic E-state index is 13.1. The molecule has 6 N–H and O–H groups in total. The summed E-state index contributed by atoms with van der Waals surface area (Å²) in [6, 6.07) is -2.28. The lowest BCUT2D eigenvalue weighted by atomic mass is 10.0. The molecule has 1 saturated carbocycles. The molecule has 2 aliphatic rings. The van der Waals surface area contributed by atoms with Crippen LogP contribution >= 0.6 is 0 Å². The first-order valence-electron chi connectivity index (χ1n) is 13.9. The van der Waals surface area contributed by atoms with E-state index in [0.717, 1.165) is 12.8 Å². The van der Waals surface area contributed by atoms with E-state index in [1.165, 1.54) is 17.2 Å². The number of hydrogen-bond acceptors (Lipinski definition) is 15. The van der Waals surface area contributed by atoms with E-state index in [9.17, 15) is 24.8 Å². The fourth-order valence-corrected chi connectivity index (χ4v) is 4.87. The van der Waals surface area contributed by atoms with Crippen molar-refractivity contribution in [2.45, 2.75) is 95.7 Å². The van der Waals surface area contributed by atoms with Gasteiger partial charge in [0, 0.05) is 0 Å². The average molecular weight is 595 g/mol. The molecule has 1 aliphatic carbocycles. The number of carbonyl (C=O) groups is 2. The van der Waals surface area contributed by atoms with Gasteiger partial charge in [-0.05, 0) is 31.1 Å². The number of rotatable bonds is 12. The van der Waals surface area contributed by atoms with Gasteiger partial charge in [0.1, 0.15) is 31.1 Å². The molecule has 2 aromatic heterocycles. The van der Waals surface area contributed by atoms with Crippen molar-refractivity contribution in [2.75, 3.05) is 11.9 Å². The molecular formula is C25H38N8O9. The molecule has 17 heteroatoms. The van der Waals surface area contributed by atoms with Gasteiger partial charge in [-0.3, -0.25) is 14.2 Å². The molecule has 2 fully saturated rings. The molecule has 0 aromatic carbocycles. The smallest absolute Gasteiger partial charge is 0.323 e. The third-order valence-corrected chi connectivity index (χ3v) is 7.55. The molecule has 2 aromatic rings. The maximum Gasteiger partial charge on any atom is 0.323 e. The Bertz CT molecular complexity index is 1270. The van der Waals surface area contributed by atoms with Crippen molar-refractivity contribution < 1.29 is 38.8 Å². The number of nitrogens with two attached hydrogens (primary N) is 2. The zero-order valence-corrected chi connectivity index (χ0v) is 23.9. The predicted molar refractivity (Wildman–Crippen MR) is 145 cm³/mol. The summed E-state index contributed by atoms with van der Waals surface area (Å²) < 4.78 is 19.0. The van der Waals surface area contributed by atoms with Crippen molar-refractivity contribution in [3.05, 3.63) is 22.8 Å². The van der Waals surface area contributed by atoms with Crippen molar-refractivity contribution >= 4 is 28.9 Å². The van der Waals surface area contributed by atoms with Crippen molar-refractivity contribution in [1.82, 2.24) is 19.5 Å².